The molecular weight excluding hydrogens is 310 g/mol. The van der Waals surface area contributed by atoms with E-state index in [0.717, 1.165) is 0 Å². The third-order valence-electron chi connectivity index (χ3n) is 3.04. The van der Waals surface area contributed by atoms with E-state index in [0.29, 0.717) is 34.1 Å². The maximum absolute atomic E-state index is 10.6. The Balaban J connectivity index is 2.26. The van der Waals surface area contributed by atoms with Gasteiger partial charge in [-0.2, -0.15) is 13.5 Å². The van der Waals surface area contributed by atoms with Gasteiger partial charge in [-0.25, -0.2) is 8.86 Å². The van der Waals surface area contributed by atoms with Gasteiger partial charge >= 0.3 is 10.4 Å². The number of nitrogen functional groups attached to an aromatic ring is 2. The molecule has 2 aromatic rings. The number of benzene rings is 1. The second-order valence-corrected chi connectivity index (χ2v) is 5.78. The summed E-state index contributed by atoms with van der Waals surface area (Å²) in [4.78, 5) is 0. The van der Waals surface area contributed by atoms with Gasteiger partial charge in [0.1, 0.15) is 0 Å². The molecule has 0 saturated heterocycles. The van der Waals surface area contributed by atoms with Crippen molar-refractivity contribution in [3.05, 3.63) is 29.6 Å². The van der Waals surface area contributed by atoms with Crippen molar-refractivity contribution in [1.82, 2.24) is 9.78 Å². The fraction of sp³-hybridized carbons (Fsp3) is 0.250. The maximum atomic E-state index is 10.6. The first-order valence-electron chi connectivity index (χ1n) is 6.25. The van der Waals surface area contributed by atoms with Gasteiger partial charge in [-0.3, -0.25) is 4.55 Å². The monoisotopic (exact) mass is 327 g/mol. The van der Waals surface area contributed by atoms with Gasteiger partial charge in [0.15, 0.2) is 6.73 Å². The Labute approximate surface area is 127 Å². The van der Waals surface area contributed by atoms with Gasteiger partial charge in [0.2, 0.25) is 0 Å². The zero-order valence-corrected chi connectivity index (χ0v) is 12.9. The van der Waals surface area contributed by atoms with E-state index < -0.39 is 17.1 Å². The average Bonchev–Trinajstić information content (AvgIpc) is 2.66. The van der Waals surface area contributed by atoms with Crippen LogP contribution in [0.4, 0.5) is 22.7 Å². The summed E-state index contributed by atoms with van der Waals surface area (Å²) in [6.07, 6.45) is 0. The predicted octanol–water partition coefficient (Wildman–Crippen LogP) is 1.18. The van der Waals surface area contributed by atoms with Gasteiger partial charge in [0.05, 0.1) is 28.5 Å². The second kappa shape index (κ2) is 5.83. The highest BCUT2D eigenvalue weighted by Crippen LogP contribution is 2.29. The minimum absolute atomic E-state index is 0.426. The Morgan fingerprint density at radius 1 is 1.36 bits per heavy atom. The number of nitrogens with zero attached hydrogens (tertiary/aromatic N) is 2. The van der Waals surface area contributed by atoms with E-state index in [-0.39, 0.29) is 0 Å². The molecule has 0 unspecified atom stereocenters. The van der Waals surface area contributed by atoms with Gasteiger partial charge in [0, 0.05) is 5.69 Å². The van der Waals surface area contributed by atoms with Crippen molar-refractivity contribution in [2.75, 3.05) is 16.8 Å². The Morgan fingerprint density at radius 2 is 2.05 bits per heavy atom. The molecule has 10 heteroatoms. The lowest BCUT2D eigenvalue weighted by molar-refractivity contribution is 0.195. The Hall–Kier alpha value is -2.30. The van der Waals surface area contributed by atoms with E-state index in [4.69, 9.17) is 16.0 Å². The van der Waals surface area contributed by atoms with Crippen LogP contribution in [0.5, 0.6) is 0 Å². The van der Waals surface area contributed by atoms with Gasteiger partial charge in [-0.15, -0.1) is 0 Å². The lowest BCUT2D eigenvalue weighted by Crippen LogP contribution is -2.11. The van der Waals surface area contributed by atoms with E-state index in [9.17, 15) is 8.42 Å². The van der Waals surface area contributed by atoms with E-state index in [1.807, 2.05) is 0 Å². The smallest absolute Gasteiger partial charge is 0.399 e. The third-order valence-corrected chi connectivity index (χ3v) is 3.44. The summed E-state index contributed by atoms with van der Waals surface area (Å²) < 4.78 is 35.5. The molecule has 6 N–H and O–H groups in total. The van der Waals surface area contributed by atoms with Crippen LogP contribution in [-0.2, 0) is 21.3 Å². The zero-order valence-electron chi connectivity index (χ0n) is 12.1. The quantitative estimate of drug-likeness (QED) is 0.473. The summed E-state index contributed by atoms with van der Waals surface area (Å²) in [6, 6.07) is 5.06. The van der Waals surface area contributed by atoms with Crippen LogP contribution in [0.1, 0.15) is 11.4 Å². The number of nitrogens with two attached hydrogens (primary N) is 2. The zero-order chi connectivity index (χ0) is 16.5. The summed E-state index contributed by atoms with van der Waals surface area (Å²) in [6.45, 7) is 3.04. The van der Waals surface area contributed by atoms with Crippen LogP contribution in [0.25, 0.3) is 0 Å². The minimum Gasteiger partial charge on any atom is -0.399 e. The molecule has 0 atom stereocenters. The first-order chi connectivity index (χ1) is 10.2. The Morgan fingerprint density at radius 3 is 2.64 bits per heavy atom. The molecule has 0 aliphatic carbocycles. The summed E-state index contributed by atoms with van der Waals surface area (Å²) in [5, 5.41) is 7.27. The number of hydrogen-bond acceptors (Lipinski definition) is 7. The Bertz CT molecular complexity index is 800. The minimum atomic E-state index is -4.53. The molecule has 1 heterocycles. The van der Waals surface area contributed by atoms with E-state index in [1.165, 1.54) is 4.68 Å². The normalized spacial score (nSPS) is 11.6. The molecule has 9 nitrogen and oxygen atoms in total. The van der Waals surface area contributed by atoms with Crippen LogP contribution < -0.4 is 16.8 Å². The number of aryl methyl sites for hydroxylation is 1. The first-order valence-corrected chi connectivity index (χ1v) is 7.62. The van der Waals surface area contributed by atoms with Crippen molar-refractivity contribution in [3.8, 4) is 0 Å². The number of hydrogen-bond donors (Lipinski definition) is 4. The lowest BCUT2D eigenvalue weighted by Gasteiger charge is -2.10. The average molecular weight is 327 g/mol. The predicted molar refractivity (Wildman–Crippen MR) is 82.9 cm³/mol. The van der Waals surface area contributed by atoms with Crippen molar-refractivity contribution < 1.29 is 17.2 Å². The molecule has 0 bridgehead atoms. The number of aromatic nitrogens is 2. The van der Waals surface area contributed by atoms with E-state index >= 15 is 0 Å². The SMILES string of the molecule is Cc1nn(COS(=O)(=O)O)c(C)c1Nc1ccc(N)cc1N. The van der Waals surface area contributed by atoms with Crippen LogP contribution in [0.2, 0.25) is 0 Å². The molecular formula is C12H17N5O4S. The fourth-order valence-corrected chi connectivity index (χ4v) is 2.18. The summed E-state index contributed by atoms with van der Waals surface area (Å²) in [7, 11) is -4.53. The molecule has 1 aromatic carbocycles. The van der Waals surface area contributed by atoms with Crippen molar-refractivity contribution in [2.24, 2.45) is 0 Å². The molecule has 1 aromatic heterocycles. The molecule has 0 radical (unpaired) electrons. The molecule has 0 amide bonds. The largest absolute Gasteiger partial charge is 0.399 e. The molecule has 2 rings (SSSR count). The third kappa shape index (κ3) is 3.67. The van der Waals surface area contributed by atoms with Crippen LogP contribution in [-0.4, -0.2) is 22.8 Å². The summed E-state index contributed by atoms with van der Waals surface area (Å²) >= 11 is 0. The lowest BCUT2D eigenvalue weighted by atomic mass is 10.2. The second-order valence-electron chi connectivity index (χ2n) is 4.69. The highest BCUT2D eigenvalue weighted by molar-refractivity contribution is 7.80. The van der Waals surface area contributed by atoms with Crippen LogP contribution in [0, 0.1) is 13.8 Å². The first kappa shape index (κ1) is 16.1. The highest BCUT2D eigenvalue weighted by atomic mass is 32.3. The standard InChI is InChI=1S/C12H17N5O4S/c1-7-12(15-11-4-3-9(13)5-10(11)14)8(2)17(16-7)6-21-22(18,19)20/h3-5,15H,6,13-14H2,1-2H3,(H,18,19,20). The number of anilines is 4. The van der Waals surface area contributed by atoms with Gasteiger partial charge in [0.25, 0.3) is 0 Å². The molecule has 0 aliphatic heterocycles. The van der Waals surface area contributed by atoms with Gasteiger partial charge in [-0.05, 0) is 32.0 Å². The summed E-state index contributed by atoms with van der Waals surface area (Å²) in [5.74, 6) is 0. The maximum Gasteiger partial charge on any atom is 0.399 e. The van der Waals surface area contributed by atoms with Crippen LogP contribution in [0.15, 0.2) is 18.2 Å². The van der Waals surface area contributed by atoms with Crippen molar-refractivity contribution in [2.45, 2.75) is 20.6 Å². The van der Waals surface area contributed by atoms with Crippen LogP contribution >= 0.6 is 0 Å². The molecule has 0 saturated carbocycles. The van der Waals surface area contributed by atoms with Crippen molar-refractivity contribution >= 4 is 33.1 Å². The van der Waals surface area contributed by atoms with Crippen molar-refractivity contribution in [3.63, 3.8) is 0 Å². The van der Waals surface area contributed by atoms with Gasteiger partial charge < -0.3 is 16.8 Å². The Kier molecular flexibility index (Phi) is 4.26. The van der Waals surface area contributed by atoms with Gasteiger partial charge in [-0.1, -0.05) is 0 Å². The topological polar surface area (TPSA) is 145 Å². The molecule has 0 fully saturated rings. The molecule has 0 spiro atoms. The molecule has 0 aliphatic rings. The van der Waals surface area contributed by atoms with E-state index in [1.54, 1.807) is 32.0 Å². The highest BCUT2D eigenvalue weighted by Gasteiger charge is 2.14. The molecule has 120 valence electrons. The molecule has 22 heavy (non-hydrogen) atoms. The summed E-state index contributed by atoms with van der Waals surface area (Å²) in [5.41, 5.74) is 15.1. The van der Waals surface area contributed by atoms with Crippen molar-refractivity contribution in [1.29, 1.82) is 0 Å². The number of nitrogens with one attached hydrogen (secondary N) is 1. The number of rotatable bonds is 5. The van der Waals surface area contributed by atoms with Crippen LogP contribution in [0.3, 0.4) is 0 Å². The fourth-order valence-electron chi connectivity index (χ4n) is 1.95. The van der Waals surface area contributed by atoms with E-state index in [2.05, 4.69) is 14.6 Å².